The molecule has 0 bridgehead atoms. The molecule has 8 heteroatoms. The molecular weight excluding hydrogens is 411 g/mol. The lowest BCUT2D eigenvalue weighted by Crippen LogP contribution is -2.46. The molecular formula is C24H29FN4O3. The molecule has 1 aliphatic rings. The summed E-state index contributed by atoms with van der Waals surface area (Å²) in [7, 11) is 3.33. The standard InChI is InChI=1S/C24H29FN4O3/c1-15-18(25)11-8-12-19(15)27-22(31)14-29-21(24(32)28(3)4)13-20(26-16(2)30)23(29)17-9-6-5-7-10-17/h5-12,20-21,23H,13-14H2,1-4H3,(H,26,30)(H,27,31)/t20-,21-,23-/m0/s1. The topological polar surface area (TPSA) is 81.8 Å². The molecule has 2 N–H and O–H groups in total. The lowest BCUT2D eigenvalue weighted by Gasteiger charge is -2.32. The van der Waals surface area contributed by atoms with E-state index in [-0.39, 0.29) is 36.3 Å². The van der Waals surface area contributed by atoms with Crippen molar-refractivity contribution in [3.63, 3.8) is 0 Å². The summed E-state index contributed by atoms with van der Waals surface area (Å²) in [5.41, 5.74) is 1.63. The summed E-state index contributed by atoms with van der Waals surface area (Å²) in [6.45, 7) is 2.95. The van der Waals surface area contributed by atoms with Gasteiger partial charge in [0, 0.05) is 32.3 Å². The van der Waals surface area contributed by atoms with E-state index < -0.39 is 11.9 Å². The van der Waals surface area contributed by atoms with Crippen LogP contribution in [0.15, 0.2) is 48.5 Å². The normalized spacial score (nSPS) is 20.6. The highest BCUT2D eigenvalue weighted by Gasteiger charge is 2.46. The highest BCUT2D eigenvalue weighted by atomic mass is 19.1. The van der Waals surface area contributed by atoms with Gasteiger partial charge in [0.1, 0.15) is 5.82 Å². The van der Waals surface area contributed by atoms with Crippen molar-refractivity contribution in [2.45, 2.75) is 38.4 Å². The summed E-state index contributed by atoms with van der Waals surface area (Å²) in [6.07, 6.45) is 0.377. The van der Waals surface area contributed by atoms with Crippen LogP contribution in [0.4, 0.5) is 10.1 Å². The number of hydrogen-bond acceptors (Lipinski definition) is 4. The van der Waals surface area contributed by atoms with Crippen LogP contribution in [0.3, 0.4) is 0 Å². The maximum atomic E-state index is 13.9. The van der Waals surface area contributed by atoms with E-state index in [1.54, 1.807) is 27.1 Å². The zero-order chi connectivity index (χ0) is 23.4. The van der Waals surface area contributed by atoms with Crippen molar-refractivity contribution in [3.05, 3.63) is 65.5 Å². The first-order valence-electron chi connectivity index (χ1n) is 10.5. The van der Waals surface area contributed by atoms with Crippen molar-refractivity contribution in [1.29, 1.82) is 0 Å². The zero-order valence-corrected chi connectivity index (χ0v) is 18.8. The second kappa shape index (κ2) is 9.91. The van der Waals surface area contributed by atoms with Crippen molar-refractivity contribution in [1.82, 2.24) is 15.1 Å². The molecule has 3 amide bonds. The third kappa shape index (κ3) is 5.13. The maximum Gasteiger partial charge on any atom is 0.239 e. The quantitative estimate of drug-likeness (QED) is 0.723. The summed E-state index contributed by atoms with van der Waals surface area (Å²) in [6, 6.07) is 12.7. The van der Waals surface area contributed by atoms with Crippen molar-refractivity contribution in [3.8, 4) is 0 Å². The highest BCUT2D eigenvalue weighted by molar-refractivity contribution is 5.93. The molecule has 32 heavy (non-hydrogen) atoms. The second-order valence-electron chi connectivity index (χ2n) is 8.28. The highest BCUT2D eigenvalue weighted by Crippen LogP contribution is 2.37. The number of hydrogen-bond donors (Lipinski definition) is 2. The number of anilines is 1. The molecule has 0 saturated carbocycles. The lowest BCUT2D eigenvalue weighted by atomic mass is 9.99. The van der Waals surface area contributed by atoms with Gasteiger partial charge < -0.3 is 15.5 Å². The van der Waals surface area contributed by atoms with Crippen LogP contribution >= 0.6 is 0 Å². The number of likely N-dealkylation sites (tertiary alicyclic amines) is 1. The summed E-state index contributed by atoms with van der Waals surface area (Å²) >= 11 is 0. The van der Waals surface area contributed by atoms with Crippen LogP contribution < -0.4 is 10.6 Å². The maximum absolute atomic E-state index is 13.9. The van der Waals surface area contributed by atoms with E-state index in [4.69, 9.17) is 0 Å². The van der Waals surface area contributed by atoms with E-state index in [1.165, 1.54) is 24.0 Å². The number of amides is 3. The smallest absolute Gasteiger partial charge is 0.239 e. The fraction of sp³-hybridized carbons (Fsp3) is 0.375. The Balaban J connectivity index is 1.93. The first-order valence-corrected chi connectivity index (χ1v) is 10.5. The second-order valence-corrected chi connectivity index (χ2v) is 8.28. The SMILES string of the molecule is CC(=O)N[C@H]1C[C@@H](C(=O)N(C)C)N(CC(=O)Nc2cccc(F)c2C)[C@H]1c1ccccc1. The van der Waals surface area contributed by atoms with Gasteiger partial charge in [0.2, 0.25) is 17.7 Å². The van der Waals surface area contributed by atoms with E-state index in [9.17, 15) is 18.8 Å². The van der Waals surface area contributed by atoms with Crippen LogP contribution in [0.5, 0.6) is 0 Å². The number of halogens is 1. The van der Waals surface area contributed by atoms with Gasteiger partial charge in [-0.1, -0.05) is 36.4 Å². The average molecular weight is 441 g/mol. The lowest BCUT2D eigenvalue weighted by molar-refractivity contribution is -0.134. The summed E-state index contributed by atoms with van der Waals surface area (Å²) in [4.78, 5) is 41.2. The first kappa shape index (κ1) is 23.4. The first-order chi connectivity index (χ1) is 15.2. The van der Waals surface area contributed by atoms with Gasteiger partial charge in [-0.2, -0.15) is 0 Å². The van der Waals surface area contributed by atoms with Gasteiger partial charge in [0.15, 0.2) is 0 Å². The van der Waals surface area contributed by atoms with Crippen LogP contribution in [-0.4, -0.2) is 60.2 Å². The Bertz CT molecular complexity index is 996. The van der Waals surface area contributed by atoms with E-state index in [2.05, 4.69) is 10.6 Å². The number of rotatable bonds is 6. The molecule has 1 heterocycles. The minimum atomic E-state index is -0.591. The van der Waals surface area contributed by atoms with Gasteiger partial charge in [-0.05, 0) is 31.0 Å². The predicted molar refractivity (Wildman–Crippen MR) is 120 cm³/mol. The monoisotopic (exact) mass is 440 g/mol. The molecule has 1 fully saturated rings. The van der Waals surface area contributed by atoms with E-state index in [0.29, 0.717) is 17.7 Å². The summed E-state index contributed by atoms with van der Waals surface area (Å²) < 4.78 is 13.9. The van der Waals surface area contributed by atoms with Crippen molar-refractivity contribution >= 4 is 23.4 Å². The van der Waals surface area contributed by atoms with E-state index in [1.807, 2.05) is 35.2 Å². The third-order valence-corrected chi connectivity index (χ3v) is 5.74. The van der Waals surface area contributed by atoms with Gasteiger partial charge in [-0.15, -0.1) is 0 Å². The van der Waals surface area contributed by atoms with Crippen molar-refractivity contribution in [2.75, 3.05) is 26.0 Å². The van der Waals surface area contributed by atoms with Crippen LogP contribution in [0.25, 0.3) is 0 Å². The number of carbonyl (C=O) groups excluding carboxylic acids is 3. The molecule has 3 atom stereocenters. The molecule has 0 radical (unpaired) electrons. The molecule has 1 saturated heterocycles. The molecule has 2 aromatic rings. The van der Waals surface area contributed by atoms with E-state index in [0.717, 1.165) is 5.56 Å². The number of carbonyl (C=O) groups is 3. The Kier molecular flexibility index (Phi) is 7.25. The molecule has 170 valence electrons. The van der Waals surface area contributed by atoms with Crippen LogP contribution in [0.1, 0.15) is 30.5 Å². The molecule has 2 aromatic carbocycles. The fourth-order valence-corrected chi connectivity index (χ4v) is 4.25. The largest absolute Gasteiger partial charge is 0.352 e. The van der Waals surface area contributed by atoms with Crippen LogP contribution in [-0.2, 0) is 14.4 Å². The average Bonchev–Trinajstić information content (AvgIpc) is 3.08. The molecule has 0 spiro atoms. The summed E-state index contributed by atoms with van der Waals surface area (Å²) in [5.74, 6) is -1.11. The molecule has 0 unspecified atom stereocenters. The Morgan fingerprint density at radius 1 is 1.09 bits per heavy atom. The zero-order valence-electron chi connectivity index (χ0n) is 18.8. The van der Waals surface area contributed by atoms with Gasteiger partial charge >= 0.3 is 0 Å². The van der Waals surface area contributed by atoms with E-state index >= 15 is 0 Å². The van der Waals surface area contributed by atoms with Crippen molar-refractivity contribution in [2.24, 2.45) is 0 Å². The molecule has 7 nitrogen and oxygen atoms in total. The minimum absolute atomic E-state index is 0.0875. The number of nitrogens with one attached hydrogen (secondary N) is 2. The van der Waals surface area contributed by atoms with Gasteiger partial charge in [-0.3, -0.25) is 19.3 Å². The predicted octanol–water partition coefficient (Wildman–Crippen LogP) is 2.48. The van der Waals surface area contributed by atoms with Gasteiger partial charge in [-0.25, -0.2) is 4.39 Å². The minimum Gasteiger partial charge on any atom is -0.352 e. The fourth-order valence-electron chi connectivity index (χ4n) is 4.25. The molecule has 3 rings (SSSR count). The Morgan fingerprint density at radius 3 is 2.41 bits per heavy atom. The number of likely N-dealkylation sites (N-methyl/N-ethyl adjacent to an activating group) is 1. The number of benzene rings is 2. The van der Waals surface area contributed by atoms with Crippen LogP contribution in [0, 0.1) is 12.7 Å². The Labute approximate surface area is 187 Å². The summed E-state index contributed by atoms with van der Waals surface area (Å²) in [5, 5.41) is 5.71. The van der Waals surface area contributed by atoms with Gasteiger partial charge in [0.25, 0.3) is 0 Å². The molecule has 0 aromatic heterocycles. The Hall–Kier alpha value is -3.26. The Morgan fingerprint density at radius 2 is 1.78 bits per heavy atom. The molecule has 1 aliphatic heterocycles. The third-order valence-electron chi connectivity index (χ3n) is 5.74. The number of nitrogens with zero attached hydrogens (tertiary/aromatic N) is 2. The van der Waals surface area contributed by atoms with Crippen molar-refractivity contribution < 1.29 is 18.8 Å². The molecule has 0 aliphatic carbocycles. The van der Waals surface area contributed by atoms with Gasteiger partial charge in [0.05, 0.1) is 24.7 Å². The van der Waals surface area contributed by atoms with Crippen LogP contribution in [0.2, 0.25) is 0 Å².